The van der Waals surface area contributed by atoms with Crippen molar-refractivity contribution in [2.45, 2.75) is 18.9 Å². The summed E-state index contributed by atoms with van der Waals surface area (Å²) in [6.07, 6.45) is -2.68. The number of nitrogens with zero attached hydrogens (tertiary/aromatic N) is 2. The molecule has 3 N–H and O–H groups in total. The molecule has 1 aromatic carbocycles. The number of benzene rings is 1. The average molecular weight is 424 g/mol. The summed E-state index contributed by atoms with van der Waals surface area (Å²) in [6.45, 7) is 0.964. The lowest BCUT2D eigenvalue weighted by molar-refractivity contribution is -0.0145. The highest BCUT2D eigenvalue weighted by atomic mass is 19.3. The number of anilines is 1. The largest absolute Gasteiger partial charge is 0.495 e. The third-order valence-electron chi connectivity index (χ3n) is 4.39. The highest BCUT2D eigenvalue weighted by molar-refractivity contribution is 5.86. The first kappa shape index (κ1) is 21.4. The summed E-state index contributed by atoms with van der Waals surface area (Å²) >= 11 is 0. The first-order chi connectivity index (χ1) is 14.2. The summed E-state index contributed by atoms with van der Waals surface area (Å²) in [6, 6.07) is 4.79. The van der Waals surface area contributed by atoms with Crippen LogP contribution in [0.5, 0.6) is 11.6 Å². The maximum atomic E-state index is 14.4. The first-order valence-corrected chi connectivity index (χ1v) is 8.75. The summed E-state index contributed by atoms with van der Waals surface area (Å²) in [5.74, 6) is -0.614. The van der Waals surface area contributed by atoms with Gasteiger partial charge in [0.1, 0.15) is 24.0 Å². The molecule has 160 valence electrons. The number of ether oxygens (including phenoxy) is 3. The molecule has 0 fully saturated rings. The number of pyridine rings is 1. The van der Waals surface area contributed by atoms with E-state index in [1.54, 1.807) is 13.0 Å². The van der Waals surface area contributed by atoms with Gasteiger partial charge in [-0.25, -0.2) is 22.9 Å². The molecule has 30 heavy (non-hydrogen) atoms. The summed E-state index contributed by atoms with van der Waals surface area (Å²) < 4.78 is 57.4. The lowest BCUT2D eigenvalue weighted by Gasteiger charge is -2.33. The third kappa shape index (κ3) is 4.30. The number of hydrogen-bond acceptors (Lipinski definition) is 7. The zero-order chi connectivity index (χ0) is 21.9. The number of carbonyl (C=O) groups is 1. The Morgan fingerprint density at radius 3 is 2.77 bits per heavy atom. The van der Waals surface area contributed by atoms with Crippen LogP contribution in [0.1, 0.15) is 11.1 Å². The number of carbonyl (C=O) groups excluding carboxylic acids is 1. The van der Waals surface area contributed by atoms with Crippen LogP contribution in [-0.2, 0) is 10.3 Å². The van der Waals surface area contributed by atoms with E-state index >= 15 is 0 Å². The predicted octanol–water partition coefficient (Wildman–Crippen LogP) is 3.00. The fraction of sp³-hybridized carbons (Fsp3) is 0.316. The lowest BCUT2D eigenvalue weighted by atomic mass is 9.90. The van der Waals surface area contributed by atoms with E-state index in [1.807, 2.05) is 0 Å². The van der Waals surface area contributed by atoms with Crippen molar-refractivity contribution >= 4 is 17.6 Å². The molecule has 11 heteroatoms. The molecule has 0 unspecified atom stereocenters. The smallest absolute Gasteiger partial charge is 0.418 e. The second-order valence-electron chi connectivity index (χ2n) is 6.53. The van der Waals surface area contributed by atoms with Crippen molar-refractivity contribution in [1.82, 2.24) is 4.98 Å². The van der Waals surface area contributed by atoms with Crippen molar-refractivity contribution in [3.63, 3.8) is 0 Å². The van der Waals surface area contributed by atoms with Gasteiger partial charge in [-0.1, -0.05) is 0 Å². The molecule has 1 aliphatic rings. The van der Waals surface area contributed by atoms with Crippen LogP contribution in [0.15, 0.2) is 35.5 Å². The van der Waals surface area contributed by atoms with Gasteiger partial charge in [0, 0.05) is 16.8 Å². The number of nitrogens with two attached hydrogens (primary N) is 1. The van der Waals surface area contributed by atoms with Crippen molar-refractivity contribution in [1.29, 1.82) is 0 Å². The number of nitrogens with one attached hydrogen (secondary N) is 1. The number of amidine groups is 1. The predicted molar refractivity (Wildman–Crippen MR) is 102 cm³/mol. The van der Waals surface area contributed by atoms with Crippen molar-refractivity contribution in [3.05, 3.63) is 47.4 Å². The molecule has 2 aromatic rings. The number of aliphatic imine (C=N–C) groups is 1. The number of hydrogen-bond donors (Lipinski definition) is 2. The minimum Gasteiger partial charge on any atom is -0.495 e. The standard InChI is InChI=1S/C19H19F3N4O4/c1-10-5-12(28-2)7-24-16(10)30-18(27)25-11-3-4-14(20)13(6-11)19(17(21)22)9-29-8-15(23)26-19/h3-7,17H,8-9H2,1-2H3,(H2,23,26)(H,25,27)/t19-/m0/s1. The van der Waals surface area contributed by atoms with Crippen molar-refractivity contribution in [2.24, 2.45) is 10.7 Å². The molecular weight excluding hydrogens is 405 g/mol. The molecule has 0 saturated heterocycles. The van der Waals surface area contributed by atoms with Gasteiger partial charge in [-0.15, -0.1) is 0 Å². The molecular formula is C19H19F3N4O4. The van der Waals surface area contributed by atoms with Gasteiger partial charge in [0.05, 0.1) is 19.9 Å². The van der Waals surface area contributed by atoms with Gasteiger partial charge in [0.15, 0.2) is 5.54 Å². The van der Waals surface area contributed by atoms with Crippen LogP contribution in [0, 0.1) is 12.7 Å². The SMILES string of the molecule is COc1cnc(OC(=O)Nc2ccc(F)c([C@]3(C(F)F)COCC(N)=N3)c2)c(C)c1. The molecule has 0 aliphatic carbocycles. The second kappa shape index (κ2) is 8.57. The molecule has 1 aliphatic heterocycles. The van der Waals surface area contributed by atoms with Crippen molar-refractivity contribution in [2.75, 3.05) is 25.6 Å². The van der Waals surface area contributed by atoms with E-state index < -0.39 is 36.0 Å². The Balaban J connectivity index is 1.85. The minimum atomic E-state index is -3.10. The van der Waals surface area contributed by atoms with E-state index in [4.69, 9.17) is 19.9 Å². The summed E-state index contributed by atoms with van der Waals surface area (Å²) in [7, 11) is 1.47. The van der Waals surface area contributed by atoms with Gasteiger partial charge in [0.25, 0.3) is 6.43 Å². The Kier molecular flexibility index (Phi) is 6.11. The van der Waals surface area contributed by atoms with E-state index in [2.05, 4.69) is 15.3 Å². The molecule has 3 rings (SSSR count). The van der Waals surface area contributed by atoms with Crippen molar-refractivity contribution in [3.8, 4) is 11.6 Å². The number of amides is 1. The van der Waals surface area contributed by atoms with Gasteiger partial charge >= 0.3 is 6.09 Å². The molecule has 0 bridgehead atoms. The highest BCUT2D eigenvalue weighted by Crippen LogP contribution is 2.38. The second-order valence-corrected chi connectivity index (χ2v) is 6.53. The van der Waals surface area contributed by atoms with Crippen LogP contribution < -0.4 is 20.5 Å². The van der Waals surface area contributed by atoms with E-state index in [0.29, 0.717) is 11.3 Å². The van der Waals surface area contributed by atoms with E-state index in [9.17, 15) is 18.0 Å². The molecule has 2 heterocycles. The fourth-order valence-corrected chi connectivity index (χ4v) is 2.92. The van der Waals surface area contributed by atoms with Crippen molar-refractivity contribution < 1.29 is 32.2 Å². The maximum absolute atomic E-state index is 14.4. The lowest BCUT2D eigenvalue weighted by Crippen LogP contribution is -2.45. The Morgan fingerprint density at radius 2 is 2.13 bits per heavy atom. The van der Waals surface area contributed by atoms with Crippen LogP contribution in [0.3, 0.4) is 0 Å². The number of aromatic nitrogens is 1. The minimum absolute atomic E-state index is 0.0157. The third-order valence-corrected chi connectivity index (χ3v) is 4.39. The molecule has 1 atom stereocenters. The molecule has 0 saturated carbocycles. The number of methoxy groups -OCH3 is 1. The Morgan fingerprint density at radius 1 is 1.37 bits per heavy atom. The number of halogens is 3. The van der Waals surface area contributed by atoms with Crippen LogP contribution in [-0.4, -0.2) is 43.7 Å². The molecule has 0 radical (unpaired) electrons. The van der Waals surface area contributed by atoms with E-state index in [0.717, 1.165) is 12.1 Å². The zero-order valence-corrected chi connectivity index (χ0v) is 16.1. The monoisotopic (exact) mass is 424 g/mol. The number of rotatable bonds is 5. The first-order valence-electron chi connectivity index (χ1n) is 8.75. The molecule has 0 spiro atoms. The molecule has 1 amide bonds. The Hall–Kier alpha value is -3.34. The molecule has 8 nitrogen and oxygen atoms in total. The quantitative estimate of drug-likeness (QED) is 0.764. The van der Waals surface area contributed by atoms with Gasteiger partial charge < -0.3 is 19.9 Å². The van der Waals surface area contributed by atoms with Crippen LogP contribution in [0.2, 0.25) is 0 Å². The van der Waals surface area contributed by atoms with Gasteiger partial charge in [-0.2, -0.15) is 0 Å². The summed E-state index contributed by atoms with van der Waals surface area (Å²) in [5.41, 5.74) is 3.31. The van der Waals surface area contributed by atoms with Gasteiger partial charge in [0.2, 0.25) is 5.88 Å². The summed E-state index contributed by atoms with van der Waals surface area (Å²) in [5, 5.41) is 2.36. The zero-order valence-electron chi connectivity index (χ0n) is 16.1. The topological polar surface area (TPSA) is 108 Å². The van der Waals surface area contributed by atoms with Crippen LogP contribution in [0.4, 0.5) is 23.7 Å². The van der Waals surface area contributed by atoms with Crippen LogP contribution in [0.25, 0.3) is 0 Å². The highest BCUT2D eigenvalue weighted by Gasteiger charge is 2.46. The number of aryl methyl sites for hydroxylation is 1. The van der Waals surface area contributed by atoms with E-state index in [1.165, 1.54) is 19.4 Å². The maximum Gasteiger partial charge on any atom is 0.418 e. The Labute approximate surface area is 169 Å². The van der Waals surface area contributed by atoms with Gasteiger partial charge in [-0.05, 0) is 31.2 Å². The summed E-state index contributed by atoms with van der Waals surface area (Å²) in [4.78, 5) is 19.9. The fourth-order valence-electron chi connectivity index (χ4n) is 2.92. The van der Waals surface area contributed by atoms with E-state index in [-0.39, 0.29) is 24.0 Å². The van der Waals surface area contributed by atoms with Gasteiger partial charge in [-0.3, -0.25) is 10.3 Å². The number of alkyl halides is 2. The van der Waals surface area contributed by atoms with Crippen LogP contribution >= 0.6 is 0 Å². The Bertz CT molecular complexity index is 986. The average Bonchev–Trinajstić information content (AvgIpc) is 2.70. The normalized spacial score (nSPS) is 18.7. The molecule has 1 aromatic heterocycles.